The molecule has 0 aliphatic rings. The highest BCUT2D eigenvalue weighted by molar-refractivity contribution is 9.10. The Labute approximate surface area is 139 Å². The number of nitrogens with one attached hydrogen (secondary N) is 2. The number of hydrazine groups is 1. The summed E-state index contributed by atoms with van der Waals surface area (Å²) in [5.74, 6) is -0.916. The number of aromatic nitrogens is 1. The van der Waals surface area contributed by atoms with Gasteiger partial charge in [-0.1, -0.05) is 6.07 Å². The minimum absolute atomic E-state index is 0.0217. The molecule has 2 N–H and O–H groups in total. The van der Waals surface area contributed by atoms with E-state index in [2.05, 4.69) is 26.8 Å². The number of thiophene rings is 1. The van der Waals surface area contributed by atoms with Crippen LogP contribution in [0.2, 0.25) is 0 Å². The Morgan fingerprint density at radius 2 is 2.05 bits per heavy atom. The number of Topliss-reactive ketones (excluding diaryl/α,β-unsaturated/α-hetero) is 1. The molecular formula is C14H14BrN3O3S. The number of halogens is 1. The van der Waals surface area contributed by atoms with Crippen molar-refractivity contribution in [1.82, 2.24) is 15.4 Å². The summed E-state index contributed by atoms with van der Waals surface area (Å²) in [5.41, 5.74) is 5.03. The summed E-state index contributed by atoms with van der Waals surface area (Å²) in [6, 6.07) is 5.15. The molecule has 0 radical (unpaired) electrons. The molecule has 0 saturated heterocycles. The van der Waals surface area contributed by atoms with Crippen LogP contribution in [0.15, 0.2) is 34.2 Å². The molecule has 0 atom stereocenters. The average molecular weight is 384 g/mol. The largest absolute Gasteiger partial charge is 0.345 e. The van der Waals surface area contributed by atoms with Crippen molar-refractivity contribution in [3.05, 3.63) is 44.8 Å². The van der Waals surface area contributed by atoms with Gasteiger partial charge in [0.15, 0.2) is 5.78 Å². The first kappa shape index (κ1) is 16.4. The second-order valence-corrected chi connectivity index (χ2v) is 6.42. The summed E-state index contributed by atoms with van der Waals surface area (Å²) in [5, 5.41) is 1.81. The first-order chi connectivity index (χ1) is 10.5. The highest BCUT2D eigenvalue weighted by atomic mass is 79.9. The second kappa shape index (κ2) is 7.37. The van der Waals surface area contributed by atoms with Crippen LogP contribution < -0.4 is 10.9 Å². The van der Waals surface area contributed by atoms with E-state index in [9.17, 15) is 14.4 Å². The monoisotopic (exact) mass is 383 g/mol. The normalized spacial score (nSPS) is 10.3. The fraction of sp³-hybridized carbons (Fsp3) is 0.214. The van der Waals surface area contributed by atoms with Crippen LogP contribution in [0.25, 0.3) is 0 Å². The molecule has 2 rings (SSSR count). The zero-order valence-corrected chi connectivity index (χ0v) is 14.2. The van der Waals surface area contributed by atoms with Gasteiger partial charge < -0.3 is 4.57 Å². The van der Waals surface area contributed by atoms with Crippen LogP contribution in [0.3, 0.4) is 0 Å². The molecule has 22 heavy (non-hydrogen) atoms. The molecule has 0 fully saturated rings. The van der Waals surface area contributed by atoms with Gasteiger partial charge in [-0.2, -0.15) is 0 Å². The third kappa shape index (κ3) is 4.28. The number of carbonyl (C=O) groups excluding carboxylic acids is 3. The van der Waals surface area contributed by atoms with Crippen molar-refractivity contribution in [2.75, 3.05) is 0 Å². The van der Waals surface area contributed by atoms with Crippen molar-refractivity contribution in [1.29, 1.82) is 0 Å². The highest BCUT2D eigenvalue weighted by Crippen LogP contribution is 2.13. The minimum atomic E-state index is -0.425. The number of ketones is 1. The maximum Gasteiger partial charge on any atom is 0.286 e. The third-order valence-electron chi connectivity index (χ3n) is 2.89. The number of rotatable bonds is 5. The standard InChI is InChI=1S/C14H14BrN3O3S/c1-18-8-9(15)7-10(18)14(21)17-16-13(20)5-4-11(19)12-3-2-6-22-12/h2-3,6-8H,4-5H2,1H3,(H,16,20)(H,17,21). The lowest BCUT2D eigenvalue weighted by Crippen LogP contribution is -2.42. The lowest BCUT2D eigenvalue weighted by Gasteiger charge is -2.07. The molecule has 2 amide bonds. The number of carbonyl (C=O) groups is 3. The van der Waals surface area contributed by atoms with Gasteiger partial charge in [0.1, 0.15) is 5.69 Å². The van der Waals surface area contributed by atoms with Gasteiger partial charge in [0.05, 0.1) is 4.88 Å². The Bertz CT molecular complexity index is 694. The van der Waals surface area contributed by atoms with Gasteiger partial charge in [-0.3, -0.25) is 25.2 Å². The predicted molar refractivity (Wildman–Crippen MR) is 86.6 cm³/mol. The zero-order chi connectivity index (χ0) is 16.1. The van der Waals surface area contributed by atoms with Gasteiger partial charge in [-0.15, -0.1) is 11.3 Å². The van der Waals surface area contributed by atoms with Crippen LogP contribution in [0.5, 0.6) is 0 Å². The maximum atomic E-state index is 11.9. The van der Waals surface area contributed by atoms with Crippen LogP contribution in [0.1, 0.15) is 33.0 Å². The van der Waals surface area contributed by atoms with E-state index in [0.717, 1.165) is 4.47 Å². The lowest BCUT2D eigenvalue weighted by molar-refractivity contribution is -0.121. The minimum Gasteiger partial charge on any atom is -0.345 e. The van der Waals surface area contributed by atoms with E-state index < -0.39 is 11.8 Å². The van der Waals surface area contributed by atoms with E-state index in [1.165, 1.54) is 11.3 Å². The quantitative estimate of drug-likeness (QED) is 0.613. The van der Waals surface area contributed by atoms with E-state index in [-0.39, 0.29) is 18.6 Å². The van der Waals surface area contributed by atoms with Gasteiger partial charge in [0.2, 0.25) is 5.91 Å². The van der Waals surface area contributed by atoms with Gasteiger partial charge in [-0.05, 0) is 33.4 Å². The van der Waals surface area contributed by atoms with Crippen molar-refractivity contribution in [3.63, 3.8) is 0 Å². The number of nitrogens with zero attached hydrogens (tertiary/aromatic N) is 1. The Kier molecular flexibility index (Phi) is 5.51. The SMILES string of the molecule is Cn1cc(Br)cc1C(=O)NNC(=O)CCC(=O)c1cccs1. The van der Waals surface area contributed by atoms with Crippen LogP contribution in [0.4, 0.5) is 0 Å². The molecule has 116 valence electrons. The fourth-order valence-electron chi connectivity index (χ4n) is 1.79. The molecule has 0 aromatic carbocycles. The Balaban J connectivity index is 1.77. The first-order valence-electron chi connectivity index (χ1n) is 6.45. The van der Waals surface area contributed by atoms with Crippen molar-refractivity contribution in [2.45, 2.75) is 12.8 Å². The third-order valence-corrected chi connectivity index (χ3v) is 4.24. The lowest BCUT2D eigenvalue weighted by atomic mass is 10.2. The summed E-state index contributed by atoms with van der Waals surface area (Å²) in [7, 11) is 1.72. The first-order valence-corrected chi connectivity index (χ1v) is 8.12. The number of hydrogen-bond acceptors (Lipinski definition) is 4. The molecule has 8 heteroatoms. The molecule has 0 unspecified atom stereocenters. The molecule has 0 bridgehead atoms. The van der Waals surface area contributed by atoms with Crippen LogP contribution in [-0.4, -0.2) is 22.2 Å². The number of hydrogen-bond donors (Lipinski definition) is 2. The number of aryl methyl sites for hydroxylation is 1. The van der Waals surface area contributed by atoms with Gasteiger partial charge in [-0.25, -0.2) is 0 Å². The van der Waals surface area contributed by atoms with Gasteiger partial charge >= 0.3 is 0 Å². The summed E-state index contributed by atoms with van der Waals surface area (Å²) < 4.78 is 2.40. The Morgan fingerprint density at radius 1 is 1.27 bits per heavy atom. The Hall–Kier alpha value is -1.93. The molecule has 0 aliphatic heterocycles. The predicted octanol–water partition coefficient (Wildman–Crippen LogP) is 2.27. The summed E-state index contributed by atoms with van der Waals surface area (Å²) >= 11 is 4.61. The summed E-state index contributed by atoms with van der Waals surface area (Å²) in [6.45, 7) is 0. The van der Waals surface area contributed by atoms with Crippen LogP contribution in [0, 0.1) is 0 Å². The summed E-state index contributed by atoms with van der Waals surface area (Å²) in [6.07, 6.45) is 1.86. The Morgan fingerprint density at radius 3 is 2.64 bits per heavy atom. The van der Waals surface area contributed by atoms with E-state index in [4.69, 9.17) is 0 Å². The topological polar surface area (TPSA) is 80.2 Å². The molecular weight excluding hydrogens is 370 g/mol. The molecule has 2 aromatic rings. The van der Waals surface area contributed by atoms with Crippen LogP contribution in [-0.2, 0) is 11.8 Å². The van der Waals surface area contributed by atoms with Crippen molar-refractivity contribution < 1.29 is 14.4 Å². The molecule has 0 spiro atoms. The van der Waals surface area contributed by atoms with E-state index in [1.807, 2.05) is 5.38 Å². The van der Waals surface area contributed by atoms with Crippen molar-refractivity contribution >= 4 is 44.9 Å². The second-order valence-electron chi connectivity index (χ2n) is 4.56. The van der Waals surface area contributed by atoms with E-state index in [0.29, 0.717) is 10.6 Å². The van der Waals surface area contributed by atoms with E-state index in [1.54, 1.807) is 36.0 Å². The number of amides is 2. The maximum absolute atomic E-state index is 11.9. The van der Waals surface area contributed by atoms with Gasteiger partial charge in [0, 0.05) is 30.6 Å². The van der Waals surface area contributed by atoms with Crippen molar-refractivity contribution in [2.24, 2.45) is 7.05 Å². The van der Waals surface area contributed by atoms with Crippen molar-refractivity contribution in [3.8, 4) is 0 Å². The molecule has 2 aromatic heterocycles. The smallest absolute Gasteiger partial charge is 0.286 e. The van der Waals surface area contributed by atoms with Crippen LogP contribution >= 0.6 is 27.3 Å². The zero-order valence-electron chi connectivity index (χ0n) is 11.8. The molecule has 0 saturated carbocycles. The van der Waals surface area contributed by atoms with E-state index >= 15 is 0 Å². The molecule has 0 aliphatic carbocycles. The average Bonchev–Trinajstić information content (AvgIpc) is 3.11. The fourth-order valence-corrected chi connectivity index (χ4v) is 3.01. The summed E-state index contributed by atoms with van der Waals surface area (Å²) in [4.78, 5) is 35.9. The van der Waals surface area contributed by atoms with Gasteiger partial charge in [0.25, 0.3) is 5.91 Å². The highest BCUT2D eigenvalue weighted by Gasteiger charge is 2.13. The molecule has 2 heterocycles. The molecule has 6 nitrogen and oxygen atoms in total.